The van der Waals surface area contributed by atoms with Crippen molar-refractivity contribution in [3.8, 4) is 6.07 Å². The molecule has 1 aromatic rings. The molecule has 1 unspecified atom stereocenters. The molecular weight excluding hydrogens is 270 g/mol. The van der Waals surface area contributed by atoms with Crippen LogP contribution in [0, 0.1) is 44.9 Å². The highest BCUT2D eigenvalue weighted by Gasteiger charge is 2.31. The summed E-state index contributed by atoms with van der Waals surface area (Å²) in [5, 5.41) is 19.5. The van der Waals surface area contributed by atoms with Crippen LogP contribution < -0.4 is 0 Å². The van der Waals surface area contributed by atoms with E-state index in [9.17, 15) is 23.7 Å². The lowest BCUT2D eigenvalue weighted by atomic mass is 9.90. The number of halogens is 2. The Morgan fingerprint density at radius 2 is 2.05 bits per heavy atom. The molecule has 0 saturated carbocycles. The number of rotatable bonds is 5. The molecule has 0 spiro atoms. The molecule has 20 heavy (non-hydrogen) atoms. The molecule has 0 N–H and O–H groups in total. The van der Waals surface area contributed by atoms with Gasteiger partial charge in [-0.25, -0.2) is 4.39 Å². The Morgan fingerprint density at radius 3 is 2.50 bits per heavy atom. The van der Waals surface area contributed by atoms with Gasteiger partial charge in [0.2, 0.25) is 5.82 Å². The third-order valence-electron chi connectivity index (χ3n) is 2.69. The maximum atomic E-state index is 13.9. The average molecular weight is 282 g/mol. The Balaban J connectivity index is 3.32. The van der Waals surface area contributed by atoms with Crippen LogP contribution >= 0.6 is 0 Å². The third-order valence-corrected chi connectivity index (χ3v) is 2.69. The van der Waals surface area contributed by atoms with Crippen molar-refractivity contribution in [1.29, 1.82) is 5.26 Å². The van der Waals surface area contributed by atoms with Gasteiger partial charge in [-0.1, -0.05) is 13.8 Å². The second-order valence-corrected chi connectivity index (χ2v) is 4.69. The van der Waals surface area contributed by atoms with Crippen molar-refractivity contribution in [2.24, 2.45) is 11.8 Å². The topological polar surface area (TPSA) is 84.0 Å². The minimum Gasteiger partial charge on any atom is -0.292 e. The summed E-state index contributed by atoms with van der Waals surface area (Å²) in [6.07, 6.45) is 0.122. The molecule has 1 aromatic carbocycles. The lowest BCUT2D eigenvalue weighted by Gasteiger charge is -2.11. The molecule has 1 atom stereocenters. The maximum absolute atomic E-state index is 13.9. The number of nitriles is 1. The fourth-order valence-corrected chi connectivity index (χ4v) is 1.77. The first-order valence-corrected chi connectivity index (χ1v) is 5.85. The molecule has 7 heteroatoms. The van der Waals surface area contributed by atoms with Gasteiger partial charge in [-0.15, -0.1) is 0 Å². The first-order valence-electron chi connectivity index (χ1n) is 5.85. The van der Waals surface area contributed by atoms with Crippen LogP contribution in [-0.2, 0) is 0 Å². The van der Waals surface area contributed by atoms with Crippen LogP contribution in [0.2, 0.25) is 0 Å². The predicted octanol–water partition coefficient (Wildman–Crippen LogP) is 3.24. The summed E-state index contributed by atoms with van der Waals surface area (Å²) in [5.74, 6) is -5.08. The van der Waals surface area contributed by atoms with Gasteiger partial charge in [0.05, 0.1) is 16.6 Å². The zero-order valence-corrected chi connectivity index (χ0v) is 10.9. The highest BCUT2D eigenvalue weighted by molar-refractivity contribution is 6.00. The van der Waals surface area contributed by atoms with E-state index < -0.39 is 39.5 Å². The molecule has 0 fully saturated rings. The summed E-state index contributed by atoms with van der Waals surface area (Å²) in [4.78, 5) is 21.5. The van der Waals surface area contributed by atoms with Crippen molar-refractivity contribution in [1.82, 2.24) is 0 Å². The number of nitrogens with zero attached hydrogens (tertiary/aromatic N) is 2. The van der Waals surface area contributed by atoms with Gasteiger partial charge in [0.15, 0.2) is 5.78 Å². The molecule has 0 radical (unpaired) electrons. The van der Waals surface area contributed by atoms with Gasteiger partial charge < -0.3 is 0 Å². The molecule has 0 amide bonds. The minimum absolute atomic E-state index is 0.0339. The van der Waals surface area contributed by atoms with Crippen LogP contribution in [-0.4, -0.2) is 10.7 Å². The van der Waals surface area contributed by atoms with Crippen LogP contribution in [0.25, 0.3) is 0 Å². The molecule has 0 aliphatic rings. The van der Waals surface area contributed by atoms with Crippen molar-refractivity contribution in [2.45, 2.75) is 20.3 Å². The van der Waals surface area contributed by atoms with Gasteiger partial charge in [-0.2, -0.15) is 9.65 Å². The number of carbonyl (C=O) groups excluding carboxylic acids is 1. The number of hydrogen-bond acceptors (Lipinski definition) is 4. The molecular formula is C13H12F2N2O3. The number of nitro benzene ring substituents is 1. The van der Waals surface area contributed by atoms with Crippen molar-refractivity contribution in [2.75, 3.05) is 0 Å². The second kappa shape index (κ2) is 6.19. The lowest BCUT2D eigenvalue weighted by Crippen LogP contribution is -2.19. The Kier molecular flexibility index (Phi) is 4.86. The van der Waals surface area contributed by atoms with Crippen molar-refractivity contribution in [3.63, 3.8) is 0 Å². The molecule has 0 aromatic heterocycles. The van der Waals surface area contributed by atoms with E-state index in [1.807, 2.05) is 0 Å². The minimum atomic E-state index is -1.54. The van der Waals surface area contributed by atoms with E-state index in [4.69, 9.17) is 5.26 Å². The van der Waals surface area contributed by atoms with E-state index >= 15 is 0 Å². The summed E-state index contributed by atoms with van der Waals surface area (Å²) in [7, 11) is 0. The van der Waals surface area contributed by atoms with E-state index in [-0.39, 0.29) is 12.3 Å². The summed E-state index contributed by atoms with van der Waals surface area (Å²) >= 11 is 0. The Hall–Kier alpha value is -2.36. The zero-order chi connectivity index (χ0) is 15.4. The van der Waals surface area contributed by atoms with Gasteiger partial charge in [0.25, 0.3) is 0 Å². The average Bonchev–Trinajstić information content (AvgIpc) is 2.34. The number of nitro groups is 1. The van der Waals surface area contributed by atoms with Crippen molar-refractivity contribution < 1.29 is 18.5 Å². The van der Waals surface area contributed by atoms with Crippen LogP contribution in [0.3, 0.4) is 0 Å². The standard InChI is InChI=1S/C13H12F2N2O3/c1-7(2)5-8(6-16)13(18)11-9(14)3-4-10(12(11)15)17(19)20/h3-4,7-8H,5H2,1-2H3. The summed E-state index contributed by atoms with van der Waals surface area (Å²) in [6, 6.07) is 2.98. The van der Waals surface area contributed by atoms with Crippen LogP contribution in [0.4, 0.5) is 14.5 Å². The number of ketones is 1. The summed E-state index contributed by atoms with van der Waals surface area (Å²) < 4.78 is 27.4. The second-order valence-electron chi connectivity index (χ2n) is 4.69. The fourth-order valence-electron chi connectivity index (χ4n) is 1.77. The maximum Gasteiger partial charge on any atom is 0.305 e. The van der Waals surface area contributed by atoms with Crippen LogP contribution in [0.15, 0.2) is 12.1 Å². The first kappa shape index (κ1) is 15.7. The normalized spacial score (nSPS) is 12.0. The van der Waals surface area contributed by atoms with Crippen molar-refractivity contribution in [3.05, 3.63) is 39.4 Å². The van der Waals surface area contributed by atoms with Crippen molar-refractivity contribution >= 4 is 11.5 Å². The van der Waals surface area contributed by atoms with Gasteiger partial charge in [-0.05, 0) is 18.4 Å². The smallest absolute Gasteiger partial charge is 0.292 e. The fraction of sp³-hybridized carbons (Fsp3) is 0.385. The van der Waals surface area contributed by atoms with Crippen LogP contribution in [0.5, 0.6) is 0 Å². The SMILES string of the molecule is CC(C)CC(C#N)C(=O)c1c(F)ccc([N+](=O)[O-])c1F. The quantitative estimate of drug-likeness (QED) is 0.471. The Labute approximate surface area is 114 Å². The Bertz CT molecular complexity index is 594. The molecule has 0 saturated heterocycles. The molecule has 1 rings (SSSR count). The van der Waals surface area contributed by atoms with Crippen LogP contribution in [0.1, 0.15) is 30.6 Å². The zero-order valence-electron chi connectivity index (χ0n) is 10.9. The first-order chi connectivity index (χ1) is 9.29. The van der Waals surface area contributed by atoms with E-state index in [1.54, 1.807) is 19.9 Å². The Morgan fingerprint density at radius 1 is 1.45 bits per heavy atom. The molecule has 0 aliphatic carbocycles. The molecule has 0 heterocycles. The lowest BCUT2D eigenvalue weighted by molar-refractivity contribution is -0.387. The van der Waals surface area contributed by atoms with E-state index in [1.165, 1.54) is 0 Å². The summed E-state index contributed by atoms with van der Waals surface area (Å²) in [5.41, 5.74) is -2.01. The van der Waals surface area contributed by atoms with Gasteiger partial charge in [0.1, 0.15) is 11.7 Å². The molecule has 106 valence electrons. The van der Waals surface area contributed by atoms with Gasteiger partial charge in [0, 0.05) is 6.07 Å². The highest BCUT2D eigenvalue weighted by Crippen LogP contribution is 2.26. The molecule has 0 bridgehead atoms. The number of hydrogen-bond donors (Lipinski definition) is 0. The van der Waals surface area contributed by atoms with Gasteiger partial charge >= 0.3 is 5.69 Å². The van der Waals surface area contributed by atoms with E-state index in [0.29, 0.717) is 12.1 Å². The number of benzene rings is 1. The highest BCUT2D eigenvalue weighted by atomic mass is 19.1. The molecule has 0 aliphatic heterocycles. The summed E-state index contributed by atoms with van der Waals surface area (Å²) in [6.45, 7) is 3.50. The molecule has 5 nitrogen and oxygen atoms in total. The third kappa shape index (κ3) is 3.15. The monoisotopic (exact) mass is 282 g/mol. The number of carbonyl (C=O) groups is 1. The number of Topliss-reactive ketones (excluding diaryl/α,β-unsaturated/α-hetero) is 1. The largest absolute Gasteiger partial charge is 0.305 e. The van der Waals surface area contributed by atoms with E-state index in [0.717, 1.165) is 0 Å². The van der Waals surface area contributed by atoms with E-state index in [2.05, 4.69) is 0 Å². The van der Waals surface area contributed by atoms with Gasteiger partial charge in [-0.3, -0.25) is 14.9 Å². The predicted molar refractivity (Wildman–Crippen MR) is 65.9 cm³/mol.